The second kappa shape index (κ2) is 10.5. The second-order valence-electron chi connectivity index (χ2n) is 4.56. The van der Waals surface area contributed by atoms with E-state index in [1.807, 2.05) is 56.2 Å². The highest BCUT2D eigenvalue weighted by atomic mass is 28.3. The quantitative estimate of drug-likeness (QED) is 0.453. The van der Waals surface area contributed by atoms with E-state index in [0.29, 0.717) is 6.54 Å². The van der Waals surface area contributed by atoms with Crippen molar-refractivity contribution in [3.8, 4) is 5.69 Å². The molecule has 0 atom stereocenters. The zero-order chi connectivity index (χ0) is 13.1. The van der Waals surface area contributed by atoms with Crippen LogP contribution < -0.4 is 0 Å². The highest BCUT2D eigenvalue weighted by Crippen LogP contribution is 1.94. The summed E-state index contributed by atoms with van der Waals surface area (Å²) in [6.45, 7) is 10.3. The number of aliphatic imine (C=N–C) groups is 1. The van der Waals surface area contributed by atoms with Gasteiger partial charge < -0.3 is 0 Å². The van der Waals surface area contributed by atoms with Crippen LogP contribution in [0.25, 0.3) is 0 Å². The van der Waals surface area contributed by atoms with Crippen molar-refractivity contribution in [3.63, 3.8) is 0 Å². The highest BCUT2D eigenvalue weighted by Gasteiger charge is 2.09. The van der Waals surface area contributed by atoms with Crippen molar-refractivity contribution in [1.29, 1.82) is 5.26 Å². The van der Waals surface area contributed by atoms with Gasteiger partial charge in [-0.05, 0) is 5.56 Å². The molecule has 18 heavy (non-hydrogen) atoms. The van der Waals surface area contributed by atoms with E-state index in [2.05, 4.69) is 17.3 Å². The van der Waals surface area contributed by atoms with Gasteiger partial charge in [-0.25, -0.2) is 5.26 Å². The van der Waals surface area contributed by atoms with Crippen molar-refractivity contribution in [2.45, 2.75) is 27.1 Å². The van der Waals surface area contributed by atoms with Gasteiger partial charge in [-0.15, -0.1) is 6.58 Å². The molecule has 0 amide bonds. The van der Waals surface area contributed by atoms with Gasteiger partial charge in [0.25, 0.3) is 0 Å². The van der Waals surface area contributed by atoms with E-state index < -0.39 is 8.07 Å². The summed E-state index contributed by atoms with van der Waals surface area (Å²) in [7, 11) is -1.33. The molecule has 1 rings (SSSR count). The lowest BCUT2D eigenvalue weighted by Crippen LogP contribution is -2.15. The normalized spacial score (nSPS) is 9.67. The summed E-state index contributed by atoms with van der Waals surface area (Å²) in [6.07, 6.45) is 3.63. The summed E-state index contributed by atoms with van der Waals surface area (Å²) < 4.78 is 0. The summed E-state index contributed by atoms with van der Waals surface area (Å²) in [6, 6.07) is 10.0. The smallest absolute Gasteiger partial charge is 0.164 e. The first-order valence-corrected chi connectivity index (χ1v) is 9.06. The average molecular weight is 260 g/mol. The molecular formula is C15H24N2Si. The van der Waals surface area contributed by atoms with Crippen molar-refractivity contribution in [2.75, 3.05) is 6.54 Å². The van der Waals surface area contributed by atoms with Gasteiger partial charge in [0.1, 0.15) is 0 Å². The molecule has 0 N–H and O–H groups in total. The molecule has 0 bridgehead atoms. The van der Waals surface area contributed by atoms with E-state index in [9.17, 15) is 0 Å². The highest BCUT2D eigenvalue weighted by molar-refractivity contribution is 6.83. The van der Waals surface area contributed by atoms with Gasteiger partial charge in [-0.2, -0.15) is 0 Å². The van der Waals surface area contributed by atoms with Crippen LogP contribution in [0, 0.1) is 11.0 Å². The molecule has 2 nitrogen and oxygen atoms in total. The maximum atomic E-state index is 8.21. The molecule has 0 unspecified atom stereocenters. The van der Waals surface area contributed by atoms with Gasteiger partial charge in [0.2, 0.25) is 0 Å². The molecule has 0 radical (unpaired) electrons. The molecule has 0 saturated carbocycles. The zero-order valence-corrected chi connectivity index (χ0v) is 11.9. The SMILES string of the molecule is C.C=CCN=Cc1ccccc1.C[Si](C)(C)C#N. The molecule has 0 fully saturated rings. The molecule has 0 heterocycles. The first-order valence-electron chi connectivity index (χ1n) is 5.56. The largest absolute Gasteiger partial charge is 0.288 e. The van der Waals surface area contributed by atoms with Crippen molar-refractivity contribution >= 4 is 14.3 Å². The predicted octanol–water partition coefficient (Wildman–Crippen LogP) is 4.31. The van der Waals surface area contributed by atoms with E-state index in [-0.39, 0.29) is 7.43 Å². The minimum Gasteiger partial charge on any atom is -0.288 e. The Morgan fingerprint density at radius 3 is 2.17 bits per heavy atom. The van der Waals surface area contributed by atoms with Crippen LogP contribution in [0.2, 0.25) is 19.6 Å². The Bertz CT molecular complexity index is 383. The maximum Gasteiger partial charge on any atom is 0.164 e. The molecule has 0 aliphatic carbocycles. The number of rotatable bonds is 3. The van der Waals surface area contributed by atoms with E-state index in [1.165, 1.54) is 0 Å². The summed E-state index contributed by atoms with van der Waals surface area (Å²) in [5.41, 5.74) is 3.38. The lowest BCUT2D eigenvalue weighted by atomic mass is 10.2. The van der Waals surface area contributed by atoms with Gasteiger partial charge in [0, 0.05) is 11.9 Å². The molecule has 1 aromatic rings. The number of hydrogen-bond acceptors (Lipinski definition) is 2. The molecule has 0 aromatic heterocycles. The van der Waals surface area contributed by atoms with Crippen LogP contribution in [0.5, 0.6) is 0 Å². The van der Waals surface area contributed by atoms with Crippen LogP contribution in [-0.2, 0) is 0 Å². The van der Waals surface area contributed by atoms with Crippen LogP contribution in [0.4, 0.5) is 0 Å². The molecule has 0 saturated heterocycles. The Labute approximate surface area is 113 Å². The van der Waals surface area contributed by atoms with Crippen LogP contribution in [0.1, 0.15) is 13.0 Å². The third-order valence-electron chi connectivity index (χ3n) is 1.61. The van der Waals surface area contributed by atoms with Gasteiger partial charge in [-0.1, -0.05) is 63.5 Å². The van der Waals surface area contributed by atoms with Gasteiger partial charge in [-0.3, -0.25) is 4.99 Å². The Kier molecular flexibility index (Phi) is 10.9. The third kappa shape index (κ3) is 12.4. The minimum atomic E-state index is -1.33. The van der Waals surface area contributed by atoms with Gasteiger partial charge in [0.15, 0.2) is 8.07 Å². The topological polar surface area (TPSA) is 36.1 Å². The first kappa shape index (κ1) is 18.7. The van der Waals surface area contributed by atoms with Gasteiger partial charge in [0.05, 0.1) is 6.54 Å². The van der Waals surface area contributed by atoms with Crippen LogP contribution in [-0.4, -0.2) is 20.8 Å². The van der Waals surface area contributed by atoms with Gasteiger partial charge >= 0.3 is 0 Å². The van der Waals surface area contributed by atoms with Crippen molar-refractivity contribution in [3.05, 3.63) is 48.6 Å². The fourth-order valence-electron chi connectivity index (χ4n) is 0.772. The molecule has 3 heteroatoms. The summed E-state index contributed by atoms with van der Waals surface area (Å²) in [5, 5.41) is 8.21. The van der Waals surface area contributed by atoms with Crippen molar-refractivity contribution < 1.29 is 0 Å². The Hall–Kier alpha value is -1.66. The lowest BCUT2D eigenvalue weighted by Gasteiger charge is -1.96. The molecular weight excluding hydrogens is 236 g/mol. The standard InChI is InChI=1S/C10H11N.C4H9NSi.CH4/c1-2-8-11-9-10-6-4-3-5-7-10;1-6(2,3)4-5;/h2-7,9H,1,8H2;1-3H3;1H4. The number of hydrogen-bond donors (Lipinski definition) is 0. The van der Waals surface area contributed by atoms with Crippen molar-refractivity contribution in [2.24, 2.45) is 4.99 Å². The maximum absolute atomic E-state index is 8.21. The monoisotopic (exact) mass is 260 g/mol. The Balaban J connectivity index is 0. The molecule has 1 aromatic carbocycles. The predicted molar refractivity (Wildman–Crippen MR) is 84.8 cm³/mol. The van der Waals surface area contributed by atoms with Crippen LogP contribution in [0.15, 0.2) is 48.0 Å². The zero-order valence-electron chi connectivity index (χ0n) is 10.9. The Morgan fingerprint density at radius 1 is 1.28 bits per heavy atom. The number of benzene rings is 1. The molecule has 0 spiro atoms. The van der Waals surface area contributed by atoms with Crippen molar-refractivity contribution in [1.82, 2.24) is 0 Å². The van der Waals surface area contributed by atoms with E-state index in [0.717, 1.165) is 5.56 Å². The summed E-state index contributed by atoms with van der Waals surface area (Å²) in [4.78, 5) is 4.12. The Morgan fingerprint density at radius 2 is 1.78 bits per heavy atom. The van der Waals surface area contributed by atoms with E-state index in [1.54, 1.807) is 6.08 Å². The summed E-state index contributed by atoms with van der Waals surface area (Å²) >= 11 is 0. The average Bonchev–Trinajstić information content (AvgIpc) is 2.31. The number of nitrogens with zero attached hydrogens (tertiary/aromatic N) is 2. The first-order chi connectivity index (χ1) is 7.99. The second-order valence-corrected chi connectivity index (χ2v) is 9.28. The third-order valence-corrected chi connectivity index (χ3v) is 2.28. The fraction of sp³-hybridized carbons (Fsp3) is 0.333. The molecule has 0 aliphatic rings. The van der Waals surface area contributed by atoms with E-state index in [4.69, 9.17) is 5.26 Å². The minimum absolute atomic E-state index is 0. The number of nitriles is 1. The van der Waals surface area contributed by atoms with Crippen LogP contribution >= 0.6 is 0 Å². The van der Waals surface area contributed by atoms with E-state index >= 15 is 0 Å². The lowest BCUT2D eigenvalue weighted by molar-refractivity contribution is 1.26. The summed E-state index contributed by atoms with van der Waals surface area (Å²) in [5.74, 6) is 0. The fourth-order valence-corrected chi connectivity index (χ4v) is 0.772. The molecule has 98 valence electrons. The van der Waals surface area contributed by atoms with Crippen LogP contribution in [0.3, 0.4) is 0 Å². The molecule has 0 aliphatic heterocycles.